The van der Waals surface area contributed by atoms with Gasteiger partial charge in [-0.25, -0.2) is 0 Å². The molecule has 25 heavy (non-hydrogen) atoms. The van der Waals surface area contributed by atoms with Crippen molar-refractivity contribution in [2.75, 3.05) is 26.8 Å². The topological polar surface area (TPSA) is 61.8 Å². The molecule has 1 saturated heterocycles. The Morgan fingerprint density at radius 2 is 2.00 bits per heavy atom. The molecule has 1 amide bonds. The van der Waals surface area contributed by atoms with E-state index >= 15 is 0 Å². The van der Waals surface area contributed by atoms with Gasteiger partial charge in [-0.05, 0) is 29.8 Å². The van der Waals surface area contributed by atoms with Crippen LogP contribution in [0.25, 0.3) is 0 Å². The molecule has 1 fully saturated rings. The third-order valence-electron chi connectivity index (χ3n) is 4.64. The van der Waals surface area contributed by atoms with Crippen LogP contribution in [0.4, 0.5) is 0 Å². The first-order valence-corrected chi connectivity index (χ1v) is 8.51. The van der Waals surface area contributed by atoms with Crippen molar-refractivity contribution in [1.29, 1.82) is 0 Å². The Balaban J connectivity index is 1.63. The minimum atomic E-state index is -0.0905. The van der Waals surface area contributed by atoms with Crippen molar-refractivity contribution in [2.24, 2.45) is 5.92 Å². The van der Waals surface area contributed by atoms with Gasteiger partial charge in [-0.3, -0.25) is 9.69 Å². The highest BCUT2D eigenvalue weighted by atomic mass is 16.5. The molecule has 0 aliphatic carbocycles. The Morgan fingerprint density at radius 1 is 1.20 bits per heavy atom. The van der Waals surface area contributed by atoms with Gasteiger partial charge < -0.3 is 15.2 Å². The van der Waals surface area contributed by atoms with E-state index in [-0.39, 0.29) is 24.5 Å². The predicted octanol–water partition coefficient (Wildman–Crippen LogP) is 1.92. The number of hydrogen-bond acceptors (Lipinski definition) is 4. The van der Waals surface area contributed by atoms with Gasteiger partial charge in [-0.15, -0.1) is 0 Å². The maximum Gasteiger partial charge on any atom is 0.251 e. The van der Waals surface area contributed by atoms with Crippen LogP contribution in [0.2, 0.25) is 0 Å². The standard InChI is InChI=1S/C20H24N2O3/c1-25-18-9-5-6-15(10-18)11-22-12-17(14-23)19(13-22)21-20(24)16-7-3-2-4-8-16/h2-10,17,19,23H,11-14H2,1H3,(H,21,24)/t17-,19+/m0/s1. The number of aliphatic hydroxyl groups excluding tert-OH is 1. The van der Waals surface area contributed by atoms with Gasteiger partial charge in [0, 0.05) is 43.8 Å². The zero-order valence-corrected chi connectivity index (χ0v) is 14.4. The maximum atomic E-state index is 12.4. The van der Waals surface area contributed by atoms with Gasteiger partial charge in [0.15, 0.2) is 0 Å². The van der Waals surface area contributed by atoms with E-state index in [0.29, 0.717) is 5.56 Å². The van der Waals surface area contributed by atoms with Gasteiger partial charge in [0.05, 0.1) is 7.11 Å². The number of methoxy groups -OCH3 is 1. The molecule has 2 atom stereocenters. The summed E-state index contributed by atoms with van der Waals surface area (Å²) in [6.07, 6.45) is 0. The molecular weight excluding hydrogens is 316 g/mol. The summed E-state index contributed by atoms with van der Waals surface area (Å²) in [7, 11) is 1.66. The largest absolute Gasteiger partial charge is 0.497 e. The van der Waals surface area contributed by atoms with Gasteiger partial charge in [-0.2, -0.15) is 0 Å². The van der Waals surface area contributed by atoms with E-state index in [1.165, 1.54) is 0 Å². The van der Waals surface area contributed by atoms with Crippen molar-refractivity contribution < 1.29 is 14.6 Å². The molecule has 0 unspecified atom stereocenters. The smallest absolute Gasteiger partial charge is 0.251 e. The number of aliphatic hydroxyl groups is 1. The van der Waals surface area contributed by atoms with Gasteiger partial charge in [-0.1, -0.05) is 30.3 Å². The number of benzene rings is 2. The average molecular weight is 340 g/mol. The summed E-state index contributed by atoms with van der Waals surface area (Å²) in [5, 5.41) is 12.8. The van der Waals surface area contributed by atoms with E-state index in [4.69, 9.17) is 4.74 Å². The van der Waals surface area contributed by atoms with Gasteiger partial charge >= 0.3 is 0 Å². The van der Waals surface area contributed by atoms with E-state index in [1.807, 2.05) is 36.4 Å². The first-order valence-electron chi connectivity index (χ1n) is 8.51. The summed E-state index contributed by atoms with van der Waals surface area (Å²) in [5.74, 6) is 0.787. The zero-order chi connectivity index (χ0) is 17.6. The van der Waals surface area contributed by atoms with Crippen LogP contribution in [0.15, 0.2) is 54.6 Å². The van der Waals surface area contributed by atoms with Crippen LogP contribution < -0.4 is 10.1 Å². The molecule has 1 heterocycles. The highest BCUT2D eigenvalue weighted by molar-refractivity contribution is 5.94. The van der Waals surface area contributed by atoms with E-state index in [9.17, 15) is 9.90 Å². The zero-order valence-electron chi connectivity index (χ0n) is 14.4. The normalized spacial score (nSPS) is 20.4. The average Bonchev–Trinajstić information content (AvgIpc) is 3.03. The molecule has 0 bridgehead atoms. The summed E-state index contributed by atoms with van der Waals surface area (Å²) >= 11 is 0. The summed E-state index contributed by atoms with van der Waals surface area (Å²) in [6, 6.07) is 17.1. The summed E-state index contributed by atoms with van der Waals surface area (Å²) < 4.78 is 5.27. The second kappa shape index (κ2) is 8.14. The van der Waals surface area contributed by atoms with E-state index in [2.05, 4.69) is 16.3 Å². The van der Waals surface area contributed by atoms with Crippen molar-refractivity contribution in [2.45, 2.75) is 12.6 Å². The van der Waals surface area contributed by atoms with Crippen LogP contribution >= 0.6 is 0 Å². The molecular formula is C20H24N2O3. The molecule has 2 aromatic rings. The highest BCUT2D eigenvalue weighted by Gasteiger charge is 2.33. The maximum absolute atomic E-state index is 12.4. The fraction of sp³-hybridized carbons (Fsp3) is 0.350. The van der Waals surface area contributed by atoms with Gasteiger partial charge in [0.1, 0.15) is 5.75 Å². The van der Waals surface area contributed by atoms with E-state index in [0.717, 1.165) is 30.9 Å². The van der Waals surface area contributed by atoms with Gasteiger partial charge in [0.25, 0.3) is 5.91 Å². The van der Waals surface area contributed by atoms with Crippen molar-refractivity contribution >= 4 is 5.91 Å². The van der Waals surface area contributed by atoms with E-state index in [1.54, 1.807) is 19.2 Å². The molecule has 0 aromatic heterocycles. The summed E-state index contributed by atoms with van der Waals surface area (Å²) in [4.78, 5) is 14.6. The molecule has 1 aliphatic rings. The van der Waals surface area contributed by atoms with Crippen LogP contribution in [0.5, 0.6) is 5.75 Å². The molecule has 5 heteroatoms. The quantitative estimate of drug-likeness (QED) is 0.843. The second-order valence-electron chi connectivity index (χ2n) is 6.43. The Morgan fingerprint density at radius 3 is 2.72 bits per heavy atom. The summed E-state index contributed by atoms with van der Waals surface area (Å²) in [5.41, 5.74) is 1.80. The molecule has 0 radical (unpaired) electrons. The minimum absolute atomic E-state index is 0.0401. The Kier molecular flexibility index (Phi) is 5.68. The lowest BCUT2D eigenvalue weighted by atomic mass is 10.0. The first-order chi connectivity index (χ1) is 12.2. The second-order valence-corrected chi connectivity index (χ2v) is 6.43. The van der Waals surface area contributed by atoms with Crippen LogP contribution in [-0.4, -0.2) is 48.8 Å². The third kappa shape index (κ3) is 4.38. The molecule has 0 spiro atoms. The number of nitrogens with zero attached hydrogens (tertiary/aromatic N) is 1. The Labute approximate surface area is 148 Å². The van der Waals surface area contributed by atoms with Crippen LogP contribution in [0, 0.1) is 5.92 Å². The minimum Gasteiger partial charge on any atom is -0.497 e. The molecule has 3 rings (SSSR count). The number of rotatable bonds is 6. The monoisotopic (exact) mass is 340 g/mol. The molecule has 2 N–H and O–H groups in total. The molecule has 132 valence electrons. The fourth-order valence-corrected chi connectivity index (χ4v) is 3.31. The Hall–Kier alpha value is -2.37. The number of carbonyl (C=O) groups is 1. The lowest BCUT2D eigenvalue weighted by molar-refractivity contribution is 0.0921. The van der Waals surface area contributed by atoms with Crippen molar-refractivity contribution in [3.63, 3.8) is 0 Å². The molecule has 0 saturated carbocycles. The molecule has 1 aliphatic heterocycles. The number of amides is 1. The molecule has 5 nitrogen and oxygen atoms in total. The number of nitrogens with one attached hydrogen (secondary N) is 1. The SMILES string of the molecule is COc1cccc(CN2C[C@@H](CO)[C@H](NC(=O)c3ccccc3)C2)c1. The summed E-state index contributed by atoms with van der Waals surface area (Å²) in [6.45, 7) is 2.31. The number of hydrogen-bond donors (Lipinski definition) is 2. The van der Waals surface area contributed by atoms with Gasteiger partial charge in [0.2, 0.25) is 0 Å². The molecule has 2 aromatic carbocycles. The fourth-order valence-electron chi connectivity index (χ4n) is 3.31. The van der Waals surface area contributed by atoms with Crippen LogP contribution in [0.3, 0.4) is 0 Å². The van der Waals surface area contributed by atoms with Crippen molar-refractivity contribution in [3.05, 3.63) is 65.7 Å². The first kappa shape index (κ1) is 17.5. The third-order valence-corrected chi connectivity index (χ3v) is 4.64. The number of ether oxygens (including phenoxy) is 1. The van der Waals surface area contributed by atoms with E-state index < -0.39 is 0 Å². The van der Waals surface area contributed by atoms with Crippen LogP contribution in [0.1, 0.15) is 15.9 Å². The Bertz CT molecular complexity index is 705. The lowest BCUT2D eigenvalue weighted by Gasteiger charge is -2.18. The van der Waals surface area contributed by atoms with Crippen molar-refractivity contribution in [3.8, 4) is 5.75 Å². The highest BCUT2D eigenvalue weighted by Crippen LogP contribution is 2.21. The number of likely N-dealkylation sites (tertiary alicyclic amines) is 1. The predicted molar refractivity (Wildman–Crippen MR) is 96.5 cm³/mol. The number of carbonyl (C=O) groups excluding carboxylic acids is 1. The van der Waals surface area contributed by atoms with Crippen molar-refractivity contribution in [1.82, 2.24) is 10.2 Å². The lowest BCUT2D eigenvalue weighted by Crippen LogP contribution is -2.41. The van der Waals surface area contributed by atoms with Crippen LogP contribution in [-0.2, 0) is 6.54 Å².